The van der Waals surface area contributed by atoms with E-state index in [9.17, 15) is 0 Å². The second-order valence-corrected chi connectivity index (χ2v) is 4.15. The molecule has 0 unspecified atom stereocenters. The summed E-state index contributed by atoms with van der Waals surface area (Å²) >= 11 is 9.02. The number of methoxy groups -OCH3 is 1. The smallest absolute Gasteiger partial charge is 0.224 e. The molecule has 0 aliphatic rings. The summed E-state index contributed by atoms with van der Waals surface area (Å²) in [6.45, 7) is 1.63. The van der Waals surface area contributed by atoms with Crippen LogP contribution in [-0.4, -0.2) is 30.2 Å². The fourth-order valence-corrected chi connectivity index (χ4v) is 1.51. The van der Waals surface area contributed by atoms with Crippen molar-refractivity contribution in [1.82, 2.24) is 9.97 Å². The first-order valence-electron chi connectivity index (χ1n) is 4.65. The molecule has 0 amide bonds. The van der Waals surface area contributed by atoms with Gasteiger partial charge in [-0.1, -0.05) is 0 Å². The number of anilines is 1. The van der Waals surface area contributed by atoms with Crippen molar-refractivity contribution in [2.75, 3.05) is 25.6 Å². The highest BCUT2D eigenvalue weighted by molar-refractivity contribution is 9.10. The maximum Gasteiger partial charge on any atom is 0.224 e. The Morgan fingerprint density at radius 1 is 1.53 bits per heavy atom. The van der Waals surface area contributed by atoms with Crippen LogP contribution in [0.4, 0.5) is 5.82 Å². The first kappa shape index (κ1) is 12.7. The number of hydrogen-bond acceptors (Lipinski definition) is 4. The van der Waals surface area contributed by atoms with Gasteiger partial charge in [0.15, 0.2) is 0 Å². The fraction of sp³-hybridized carbons (Fsp3) is 0.556. The molecule has 1 rings (SSSR count). The summed E-state index contributed by atoms with van der Waals surface area (Å²) in [5.41, 5.74) is 0. The van der Waals surface area contributed by atoms with E-state index >= 15 is 0 Å². The maximum absolute atomic E-state index is 5.68. The van der Waals surface area contributed by atoms with Crippen molar-refractivity contribution in [3.8, 4) is 0 Å². The van der Waals surface area contributed by atoms with Gasteiger partial charge < -0.3 is 10.1 Å². The predicted molar refractivity (Wildman–Crippen MR) is 64.3 cm³/mol. The fourth-order valence-electron chi connectivity index (χ4n) is 1.05. The Kier molecular flexibility index (Phi) is 5.90. The van der Waals surface area contributed by atoms with E-state index in [0.29, 0.717) is 0 Å². The molecule has 1 aromatic rings. The summed E-state index contributed by atoms with van der Waals surface area (Å²) in [6, 6.07) is 0. The number of aromatic nitrogens is 2. The Morgan fingerprint density at radius 3 is 3.07 bits per heavy atom. The third-order valence-corrected chi connectivity index (χ3v) is 2.54. The van der Waals surface area contributed by atoms with Crippen molar-refractivity contribution >= 4 is 33.3 Å². The van der Waals surface area contributed by atoms with Gasteiger partial charge in [-0.05, 0) is 40.4 Å². The molecule has 1 heterocycles. The quantitative estimate of drug-likeness (QED) is 0.647. The molecule has 1 aromatic heterocycles. The zero-order valence-corrected chi connectivity index (χ0v) is 10.8. The lowest BCUT2D eigenvalue weighted by atomic mass is 10.3. The molecule has 4 nitrogen and oxygen atoms in total. The van der Waals surface area contributed by atoms with E-state index in [1.54, 1.807) is 13.3 Å². The van der Waals surface area contributed by atoms with E-state index in [0.717, 1.165) is 36.3 Å². The van der Waals surface area contributed by atoms with Crippen LogP contribution in [-0.2, 0) is 4.74 Å². The van der Waals surface area contributed by atoms with Gasteiger partial charge in [-0.3, -0.25) is 0 Å². The number of halogens is 2. The standard InChI is InChI=1S/C9H13BrClN3O/c1-15-5-3-2-4-12-8-7(10)6-13-9(11)14-8/h6H,2-5H2,1H3,(H,12,13,14). The van der Waals surface area contributed by atoms with Crippen LogP contribution in [0.1, 0.15) is 12.8 Å². The van der Waals surface area contributed by atoms with Crippen LogP contribution < -0.4 is 5.32 Å². The molecule has 6 heteroatoms. The number of hydrogen-bond donors (Lipinski definition) is 1. The SMILES string of the molecule is COCCCCNc1nc(Cl)ncc1Br. The minimum Gasteiger partial charge on any atom is -0.385 e. The molecule has 15 heavy (non-hydrogen) atoms. The molecule has 1 N–H and O–H groups in total. The third kappa shape index (κ3) is 4.77. The van der Waals surface area contributed by atoms with Crippen molar-refractivity contribution in [1.29, 1.82) is 0 Å². The van der Waals surface area contributed by atoms with Gasteiger partial charge in [0.1, 0.15) is 5.82 Å². The summed E-state index contributed by atoms with van der Waals surface area (Å²) in [4.78, 5) is 7.90. The Hall–Kier alpha value is -0.390. The van der Waals surface area contributed by atoms with E-state index in [-0.39, 0.29) is 5.28 Å². The summed E-state index contributed by atoms with van der Waals surface area (Å²) in [6.07, 6.45) is 3.69. The van der Waals surface area contributed by atoms with Gasteiger partial charge in [0.25, 0.3) is 0 Å². The zero-order valence-electron chi connectivity index (χ0n) is 8.46. The van der Waals surface area contributed by atoms with Gasteiger partial charge in [0, 0.05) is 26.5 Å². The third-order valence-electron chi connectivity index (χ3n) is 1.78. The lowest BCUT2D eigenvalue weighted by Gasteiger charge is -2.06. The second kappa shape index (κ2) is 6.98. The van der Waals surface area contributed by atoms with Gasteiger partial charge in [-0.25, -0.2) is 4.98 Å². The van der Waals surface area contributed by atoms with Crippen LogP contribution >= 0.6 is 27.5 Å². The van der Waals surface area contributed by atoms with Gasteiger partial charge in [-0.15, -0.1) is 0 Å². The molecule has 0 saturated carbocycles. The molecule has 0 aliphatic carbocycles. The molecule has 0 atom stereocenters. The van der Waals surface area contributed by atoms with Crippen LogP contribution in [0.5, 0.6) is 0 Å². The normalized spacial score (nSPS) is 10.3. The molecule has 0 saturated heterocycles. The number of nitrogens with one attached hydrogen (secondary N) is 1. The van der Waals surface area contributed by atoms with Crippen LogP contribution in [0, 0.1) is 0 Å². The summed E-state index contributed by atoms with van der Waals surface area (Å²) < 4.78 is 5.77. The van der Waals surface area contributed by atoms with Gasteiger partial charge in [-0.2, -0.15) is 4.98 Å². The molecule has 0 fully saturated rings. The predicted octanol–water partition coefficient (Wildman–Crippen LogP) is 2.73. The van der Waals surface area contributed by atoms with Crippen molar-refractivity contribution in [2.24, 2.45) is 0 Å². The van der Waals surface area contributed by atoms with Crippen LogP contribution in [0.2, 0.25) is 5.28 Å². The van der Waals surface area contributed by atoms with Crippen molar-refractivity contribution in [3.63, 3.8) is 0 Å². The topological polar surface area (TPSA) is 47.0 Å². The number of ether oxygens (including phenoxy) is 1. The van der Waals surface area contributed by atoms with Crippen molar-refractivity contribution in [2.45, 2.75) is 12.8 Å². The Bertz CT molecular complexity index is 311. The van der Waals surface area contributed by atoms with Gasteiger partial charge in [0.2, 0.25) is 5.28 Å². The first-order chi connectivity index (χ1) is 7.24. The van der Waals surface area contributed by atoms with E-state index in [1.165, 1.54) is 0 Å². The largest absolute Gasteiger partial charge is 0.385 e. The summed E-state index contributed by atoms with van der Waals surface area (Å²) in [5, 5.41) is 3.42. The van der Waals surface area contributed by atoms with E-state index < -0.39 is 0 Å². The van der Waals surface area contributed by atoms with Crippen LogP contribution in [0.15, 0.2) is 10.7 Å². The van der Waals surface area contributed by atoms with Gasteiger partial charge >= 0.3 is 0 Å². The van der Waals surface area contributed by atoms with Crippen molar-refractivity contribution in [3.05, 3.63) is 16.0 Å². The first-order valence-corrected chi connectivity index (χ1v) is 5.82. The average molecular weight is 295 g/mol. The minimum atomic E-state index is 0.248. The highest BCUT2D eigenvalue weighted by atomic mass is 79.9. The molecule has 84 valence electrons. The number of rotatable bonds is 6. The molecular formula is C9H13BrClN3O. The van der Waals surface area contributed by atoms with Gasteiger partial charge in [0.05, 0.1) is 4.47 Å². The minimum absolute atomic E-state index is 0.248. The molecular weight excluding hydrogens is 281 g/mol. The van der Waals surface area contributed by atoms with E-state index in [2.05, 4.69) is 31.2 Å². The Labute approximate surface area is 103 Å². The maximum atomic E-state index is 5.68. The highest BCUT2D eigenvalue weighted by Crippen LogP contribution is 2.19. The summed E-state index contributed by atoms with van der Waals surface area (Å²) in [7, 11) is 1.70. The van der Waals surface area contributed by atoms with E-state index in [1.807, 2.05) is 0 Å². The number of unbranched alkanes of at least 4 members (excludes halogenated alkanes) is 1. The highest BCUT2D eigenvalue weighted by Gasteiger charge is 2.02. The monoisotopic (exact) mass is 293 g/mol. The Morgan fingerprint density at radius 2 is 2.33 bits per heavy atom. The molecule has 0 spiro atoms. The molecule has 0 bridgehead atoms. The zero-order chi connectivity index (χ0) is 11.1. The average Bonchev–Trinajstić information content (AvgIpc) is 2.23. The number of nitrogens with zero attached hydrogens (tertiary/aromatic N) is 2. The second-order valence-electron chi connectivity index (χ2n) is 2.96. The van der Waals surface area contributed by atoms with E-state index in [4.69, 9.17) is 16.3 Å². The lowest BCUT2D eigenvalue weighted by Crippen LogP contribution is -2.05. The molecule has 0 aliphatic heterocycles. The van der Waals surface area contributed by atoms with Crippen LogP contribution in [0.25, 0.3) is 0 Å². The Balaban J connectivity index is 2.33. The van der Waals surface area contributed by atoms with Crippen LogP contribution in [0.3, 0.4) is 0 Å². The molecule has 0 radical (unpaired) electrons. The molecule has 0 aromatic carbocycles. The summed E-state index contributed by atoms with van der Waals surface area (Å²) in [5.74, 6) is 0.729. The lowest BCUT2D eigenvalue weighted by molar-refractivity contribution is 0.194. The van der Waals surface area contributed by atoms with Crippen molar-refractivity contribution < 1.29 is 4.74 Å².